The molecule has 4 nitrogen and oxygen atoms in total. The highest BCUT2D eigenvalue weighted by Gasteiger charge is 2.23. The first kappa shape index (κ1) is 17.8. The zero-order valence-electron chi connectivity index (χ0n) is 14.8. The van der Waals surface area contributed by atoms with Crippen LogP contribution in [0.1, 0.15) is 50.3 Å². The van der Waals surface area contributed by atoms with E-state index in [1.807, 2.05) is 19.1 Å². The van der Waals surface area contributed by atoms with E-state index in [4.69, 9.17) is 4.74 Å². The highest BCUT2D eigenvalue weighted by Crippen LogP contribution is 2.27. The van der Waals surface area contributed by atoms with Crippen molar-refractivity contribution in [2.45, 2.75) is 46.1 Å². The molecule has 0 spiro atoms. The molecule has 2 rings (SSSR count). The Balaban J connectivity index is 1.92. The molecule has 0 aliphatic carbocycles. The van der Waals surface area contributed by atoms with Crippen LogP contribution in [0.2, 0.25) is 0 Å². The minimum Gasteiger partial charge on any atom is -0.496 e. The fourth-order valence-corrected chi connectivity index (χ4v) is 3.39. The van der Waals surface area contributed by atoms with Gasteiger partial charge >= 0.3 is 0 Å². The molecule has 1 aliphatic heterocycles. The number of rotatable bonds is 6. The van der Waals surface area contributed by atoms with E-state index in [2.05, 4.69) is 30.5 Å². The number of ether oxygens (including phenoxy) is 1. The van der Waals surface area contributed by atoms with Crippen molar-refractivity contribution in [3.05, 3.63) is 29.3 Å². The summed E-state index contributed by atoms with van der Waals surface area (Å²) in [7, 11) is 1.67. The molecule has 3 unspecified atom stereocenters. The van der Waals surface area contributed by atoms with Gasteiger partial charge in [-0.1, -0.05) is 24.6 Å². The highest BCUT2D eigenvalue weighted by atomic mass is 16.5. The Labute approximate surface area is 140 Å². The lowest BCUT2D eigenvalue weighted by Crippen LogP contribution is -2.36. The standard InChI is InChI=1S/C19H30N2O2/c1-13-7-8-18(23-4)17(10-13)15(3)21-19(22)11-14(2)16-6-5-9-20-12-16/h7-8,10,14-16,20H,5-6,9,11-12H2,1-4H3,(H,21,22). The molecule has 0 saturated carbocycles. The van der Waals surface area contributed by atoms with Crippen molar-refractivity contribution >= 4 is 5.91 Å². The number of aryl methyl sites for hydroxylation is 1. The van der Waals surface area contributed by atoms with Crippen LogP contribution >= 0.6 is 0 Å². The quantitative estimate of drug-likeness (QED) is 0.847. The Morgan fingerprint density at radius 1 is 1.43 bits per heavy atom. The molecule has 2 N–H and O–H groups in total. The maximum atomic E-state index is 12.4. The van der Waals surface area contributed by atoms with Crippen LogP contribution in [-0.4, -0.2) is 26.1 Å². The number of nitrogens with one attached hydrogen (secondary N) is 2. The van der Waals surface area contributed by atoms with Crippen LogP contribution in [0.15, 0.2) is 18.2 Å². The van der Waals surface area contributed by atoms with Crippen molar-refractivity contribution in [1.29, 1.82) is 0 Å². The van der Waals surface area contributed by atoms with Crippen LogP contribution in [0, 0.1) is 18.8 Å². The number of piperidine rings is 1. The second-order valence-electron chi connectivity index (χ2n) is 6.82. The van der Waals surface area contributed by atoms with E-state index in [1.54, 1.807) is 7.11 Å². The Morgan fingerprint density at radius 3 is 2.87 bits per heavy atom. The Morgan fingerprint density at radius 2 is 2.22 bits per heavy atom. The smallest absolute Gasteiger partial charge is 0.220 e. The summed E-state index contributed by atoms with van der Waals surface area (Å²) in [6, 6.07) is 6.02. The second-order valence-corrected chi connectivity index (χ2v) is 6.82. The molecule has 1 amide bonds. The maximum Gasteiger partial charge on any atom is 0.220 e. The van der Waals surface area contributed by atoms with Gasteiger partial charge in [0.1, 0.15) is 5.75 Å². The SMILES string of the molecule is COc1ccc(C)cc1C(C)NC(=O)CC(C)C1CCCNC1. The number of benzene rings is 1. The van der Waals surface area contributed by atoms with Crippen molar-refractivity contribution in [2.24, 2.45) is 11.8 Å². The van der Waals surface area contributed by atoms with Gasteiger partial charge in [0.15, 0.2) is 0 Å². The van der Waals surface area contributed by atoms with Gasteiger partial charge in [0.25, 0.3) is 0 Å². The molecule has 0 radical (unpaired) electrons. The van der Waals surface area contributed by atoms with E-state index >= 15 is 0 Å². The minimum absolute atomic E-state index is 0.0472. The van der Waals surface area contributed by atoms with Gasteiger partial charge in [-0.2, -0.15) is 0 Å². The van der Waals surface area contributed by atoms with Gasteiger partial charge in [-0.05, 0) is 57.7 Å². The fraction of sp³-hybridized carbons (Fsp3) is 0.632. The van der Waals surface area contributed by atoms with Gasteiger partial charge in [-0.25, -0.2) is 0 Å². The lowest BCUT2D eigenvalue weighted by atomic mass is 9.85. The monoisotopic (exact) mass is 318 g/mol. The summed E-state index contributed by atoms with van der Waals surface area (Å²) in [5.74, 6) is 1.97. The van der Waals surface area contributed by atoms with E-state index in [1.165, 1.54) is 18.4 Å². The van der Waals surface area contributed by atoms with Gasteiger partial charge in [-0.15, -0.1) is 0 Å². The summed E-state index contributed by atoms with van der Waals surface area (Å²) in [5, 5.41) is 6.56. The molecular formula is C19H30N2O2. The Kier molecular flexibility index (Phi) is 6.46. The number of carbonyl (C=O) groups is 1. The van der Waals surface area contributed by atoms with Crippen molar-refractivity contribution in [1.82, 2.24) is 10.6 Å². The largest absolute Gasteiger partial charge is 0.496 e. The molecule has 1 aromatic carbocycles. The molecule has 128 valence electrons. The molecule has 3 atom stereocenters. The molecule has 1 heterocycles. The van der Waals surface area contributed by atoms with E-state index in [9.17, 15) is 4.79 Å². The lowest BCUT2D eigenvalue weighted by molar-refractivity contribution is -0.123. The van der Waals surface area contributed by atoms with Crippen molar-refractivity contribution in [2.75, 3.05) is 20.2 Å². The van der Waals surface area contributed by atoms with Crippen LogP contribution in [-0.2, 0) is 4.79 Å². The van der Waals surface area contributed by atoms with Gasteiger partial charge in [-0.3, -0.25) is 4.79 Å². The van der Waals surface area contributed by atoms with Gasteiger partial charge in [0, 0.05) is 12.0 Å². The third-order valence-electron chi connectivity index (χ3n) is 4.88. The fourth-order valence-electron chi connectivity index (χ4n) is 3.39. The normalized spacial score (nSPS) is 20.6. The summed E-state index contributed by atoms with van der Waals surface area (Å²) in [6.45, 7) is 8.40. The lowest BCUT2D eigenvalue weighted by Gasteiger charge is -2.28. The summed E-state index contributed by atoms with van der Waals surface area (Å²) in [5.41, 5.74) is 2.20. The van der Waals surface area contributed by atoms with Crippen LogP contribution in [0.5, 0.6) is 5.75 Å². The predicted octanol–water partition coefficient (Wildman–Crippen LogP) is 3.21. The summed E-state index contributed by atoms with van der Waals surface area (Å²) >= 11 is 0. The third-order valence-corrected chi connectivity index (χ3v) is 4.88. The van der Waals surface area contributed by atoms with Crippen LogP contribution < -0.4 is 15.4 Å². The third kappa shape index (κ3) is 4.96. The summed E-state index contributed by atoms with van der Waals surface area (Å²) in [4.78, 5) is 12.4. The average molecular weight is 318 g/mol. The molecule has 1 fully saturated rings. The number of methoxy groups -OCH3 is 1. The first-order chi connectivity index (χ1) is 11.0. The van der Waals surface area contributed by atoms with Crippen molar-refractivity contribution in [3.8, 4) is 5.75 Å². The number of amides is 1. The molecule has 0 bridgehead atoms. The Hall–Kier alpha value is -1.55. The topological polar surface area (TPSA) is 50.4 Å². The molecular weight excluding hydrogens is 288 g/mol. The van der Waals surface area contributed by atoms with E-state index in [0.717, 1.165) is 24.4 Å². The van der Waals surface area contributed by atoms with Gasteiger partial charge in [0.2, 0.25) is 5.91 Å². The van der Waals surface area contributed by atoms with Crippen LogP contribution in [0.25, 0.3) is 0 Å². The molecule has 1 aliphatic rings. The van der Waals surface area contributed by atoms with Crippen LogP contribution in [0.3, 0.4) is 0 Å². The number of hydrogen-bond donors (Lipinski definition) is 2. The first-order valence-corrected chi connectivity index (χ1v) is 8.66. The average Bonchev–Trinajstić information content (AvgIpc) is 2.55. The summed E-state index contributed by atoms with van der Waals surface area (Å²) < 4.78 is 5.42. The van der Waals surface area contributed by atoms with E-state index < -0.39 is 0 Å². The van der Waals surface area contributed by atoms with Crippen molar-refractivity contribution in [3.63, 3.8) is 0 Å². The molecule has 1 saturated heterocycles. The molecule has 0 aromatic heterocycles. The van der Waals surface area contributed by atoms with E-state index in [0.29, 0.717) is 18.3 Å². The Bertz CT molecular complexity index is 524. The zero-order valence-corrected chi connectivity index (χ0v) is 14.8. The van der Waals surface area contributed by atoms with Gasteiger partial charge < -0.3 is 15.4 Å². The first-order valence-electron chi connectivity index (χ1n) is 8.66. The number of hydrogen-bond acceptors (Lipinski definition) is 3. The molecule has 4 heteroatoms. The van der Waals surface area contributed by atoms with Crippen LogP contribution in [0.4, 0.5) is 0 Å². The minimum atomic E-state index is -0.0472. The van der Waals surface area contributed by atoms with Gasteiger partial charge in [0.05, 0.1) is 13.2 Å². The summed E-state index contributed by atoms with van der Waals surface area (Å²) in [6.07, 6.45) is 3.03. The highest BCUT2D eigenvalue weighted by molar-refractivity contribution is 5.76. The predicted molar refractivity (Wildman–Crippen MR) is 93.7 cm³/mol. The molecule has 23 heavy (non-hydrogen) atoms. The maximum absolute atomic E-state index is 12.4. The number of carbonyl (C=O) groups excluding carboxylic acids is 1. The molecule has 1 aromatic rings. The van der Waals surface area contributed by atoms with Crippen molar-refractivity contribution < 1.29 is 9.53 Å². The zero-order chi connectivity index (χ0) is 16.8. The van der Waals surface area contributed by atoms with E-state index in [-0.39, 0.29) is 11.9 Å². The second kappa shape index (κ2) is 8.34.